The molecule has 2 aliphatic rings. The average molecular weight is 607 g/mol. The fourth-order valence-corrected chi connectivity index (χ4v) is 6.74. The third-order valence-corrected chi connectivity index (χ3v) is 9.38. The Morgan fingerprint density at radius 1 is 1.16 bits per heavy atom. The number of piperidine rings is 1. The van der Waals surface area contributed by atoms with Crippen molar-refractivity contribution in [2.45, 2.75) is 76.6 Å². The van der Waals surface area contributed by atoms with E-state index in [0.717, 1.165) is 51.7 Å². The first-order valence-electron chi connectivity index (χ1n) is 15.7. The van der Waals surface area contributed by atoms with Gasteiger partial charge in [-0.2, -0.15) is 0 Å². The number of benzene rings is 2. The minimum atomic E-state index is -0.781. The number of amides is 1. The van der Waals surface area contributed by atoms with Crippen molar-refractivity contribution in [2.75, 3.05) is 26.2 Å². The normalized spacial score (nSPS) is 22.2. The van der Waals surface area contributed by atoms with Crippen molar-refractivity contribution in [2.24, 2.45) is 11.8 Å². The number of nitro groups is 1. The molecule has 0 spiro atoms. The maximum absolute atomic E-state index is 13.1. The minimum Gasteiger partial charge on any atom is -0.480 e. The summed E-state index contributed by atoms with van der Waals surface area (Å²) >= 11 is 0. The zero-order valence-corrected chi connectivity index (χ0v) is 25.8. The van der Waals surface area contributed by atoms with Crippen LogP contribution >= 0.6 is 0 Å². The zero-order chi connectivity index (χ0) is 31.6. The molecule has 10 nitrogen and oxygen atoms in total. The lowest BCUT2D eigenvalue weighted by atomic mass is 9.88. The third kappa shape index (κ3) is 8.66. The Labute approximate surface area is 260 Å². The van der Waals surface area contributed by atoms with E-state index in [1.807, 2.05) is 19.9 Å². The highest BCUT2D eigenvalue weighted by molar-refractivity contribution is 5.73. The van der Waals surface area contributed by atoms with Crippen molar-refractivity contribution >= 4 is 17.7 Å². The summed E-state index contributed by atoms with van der Waals surface area (Å²) < 4.78 is 5.59. The smallest absolute Gasteiger partial charge is 0.410 e. The lowest BCUT2D eigenvalue weighted by Crippen LogP contribution is -2.48. The molecule has 2 aromatic carbocycles. The molecule has 2 fully saturated rings. The quantitative estimate of drug-likeness (QED) is 0.156. The van der Waals surface area contributed by atoms with Gasteiger partial charge in [0.05, 0.1) is 4.92 Å². The lowest BCUT2D eigenvalue weighted by molar-refractivity contribution is -0.384. The van der Waals surface area contributed by atoms with Gasteiger partial charge in [0.25, 0.3) is 5.69 Å². The van der Waals surface area contributed by atoms with E-state index >= 15 is 0 Å². The molecule has 238 valence electrons. The Morgan fingerprint density at radius 3 is 2.43 bits per heavy atom. The standard InChI is InChI=1S/C34H46N4O6/c1-4-17-37(34(41)44-23-25-11-13-30(14-12-25)38(42)43)29-15-18-36(19-16-29)22-27-20-28(35-32(33(39)40)24(3)5-2)21-31(27)26-9-7-6-8-10-26/h4,6-14,24,27-29,31-32,35H,1,5,15-23H2,2-3H3,(H,39,40)/t24?,27-,28?,31-,32?/m1/s1. The summed E-state index contributed by atoms with van der Waals surface area (Å²) in [5.41, 5.74) is 1.99. The second-order valence-electron chi connectivity index (χ2n) is 12.3. The van der Waals surface area contributed by atoms with Crippen LogP contribution in [0.15, 0.2) is 67.3 Å². The number of nitro benzene ring substituents is 1. The number of nitrogens with zero attached hydrogens (tertiary/aromatic N) is 3. The number of ether oxygens (including phenoxy) is 1. The SMILES string of the molecule is C=CCN(C(=O)OCc1ccc([N+](=O)[O-])cc1)C1CCN(C[C@H]2CC(NC(C(=O)O)C(C)CC)C[C@@H]2c2ccccc2)CC1. The van der Waals surface area contributed by atoms with Crippen LogP contribution < -0.4 is 5.32 Å². The molecule has 1 amide bonds. The topological polar surface area (TPSA) is 125 Å². The van der Waals surface area contributed by atoms with Crippen LogP contribution in [-0.2, 0) is 16.1 Å². The van der Waals surface area contributed by atoms with Gasteiger partial charge in [-0.05, 0) is 66.7 Å². The number of non-ortho nitro benzene ring substituents is 1. The van der Waals surface area contributed by atoms with Crippen LogP contribution in [0.1, 0.15) is 63.0 Å². The van der Waals surface area contributed by atoms with Gasteiger partial charge in [-0.25, -0.2) is 4.79 Å². The minimum absolute atomic E-state index is 0.00450. The number of carbonyl (C=O) groups excluding carboxylic acids is 1. The van der Waals surface area contributed by atoms with E-state index < -0.39 is 23.0 Å². The molecule has 3 unspecified atom stereocenters. The molecular formula is C34H46N4O6. The molecule has 4 rings (SSSR count). The molecular weight excluding hydrogens is 560 g/mol. The summed E-state index contributed by atoms with van der Waals surface area (Å²) in [7, 11) is 0. The van der Waals surface area contributed by atoms with Crippen molar-refractivity contribution < 1.29 is 24.4 Å². The summed E-state index contributed by atoms with van der Waals surface area (Å²) in [5, 5.41) is 24.3. The van der Waals surface area contributed by atoms with Crippen LogP contribution in [0, 0.1) is 22.0 Å². The summed E-state index contributed by atoms with van der Waals surface area (Å²) in [6.07, 6.45) is 5.59. The van der Waals surface area contributed by atoms with Crippen LogP contribution in [0.3, 0.4) is 0 Å². The molecule has 1 heterocycles. The second kappa shape index (κ2) is 15.8. The van der Waals surface area contributed by atoms with E-state index in [1.165, 1.54) is 17.7 Å². The predicted octanol–water partition coefficient (Wildman–Crippen LogP) is 5.84. The summed E-state index contributed by atoms with van der Waals surface area (Å²) in [5.74, 6) is 0.0230. The largest absolute Gasteiger partial charge is 0.480 e. The molecule has 1 saturated carbocycles. The average Bonchev–Trinajstić information content (AvgIpc) is 3.44. The van der Waals surface area contributed by atoms with Crippen molar-refractivity contribution in [1.29, 1.82) is 0 Å². The number of rotatable bonds is 14. The van der Waals surface area contributed by atoms with Crippen LogP contribution in [0.2, 0.25) is 0 Å². The number of carboxylic acids is 1. The zero-order valence-electron chi connectivity index (χ0n) is 25.8. The van der Waals surface area contributed by atoms with Gasteiger partial charge in [0.15, 0.2) is 0 Å². The number of aliphatic carboxylic acids is 1. The van der Waals surface area contributed by atoms with Gasteiger partial charge < -0.3 is 25.0 Å². The number of hydrogen-bond acceptors (Lipinski definition) is 7. The van der Waals surface area contributed by atoms with E-state index in [1.54, 1.807) is 23.1 Å². The van der Waals surface area contributed by atoms with Crippen LogP contribution in [0.5, 0.6) is 0 Å². The first kappa shape index (κ1) is 33.1. The van der Waals surface area contributed by atoms with Gasteiger partial charge in [-0.1, -0.05) is 56.7 Å². The first-order valence-corrected chi connectivity index (χ1v) is 15.7. The fraction of sp³-hybridized carbons (Fsp3) is 0.529. The van der Waals surface area contributed by atoms with Gasteiger partial charge in [0.1, 0.15) is 12.6 Å². The number of hydrogen-bond donors (Lipinski definition) is 2. The van der Waals surface area contributed by atoms with E-state index in [-0.39, 0.29) is 30.3 Å². The predicted molar refractivity (Wildman–Crippen MR) is 169 cm³/mol. The number of carboxylic acid groups (broad SMARTS) is 1. The second-order valence-corrected chi connectivity index (χ2v) is 12.3. The molecule has 2 N–H and O–H groups in total. The Bertz CT molecular complexity index is 1250. The molecule has 44 heavy (non-hydrogen) atoms. The fourth-order valence-electron chi connectivity index (χ4n) is 6.74. The monoisotopic (exact) mass is 606 g/mol. The molecule has 0 aromatic heterocycles. The van der Waals surface area contributed by atoms with E-state index in [4.69, 9.17) is 4.74 Å². The maximum Gasteiger partial charge on any atom is 0.410 e. The van der Waals surface area contributed by atoms with E-state index in [2.05, 4.69) is 41.1 Å². The van der Waals surface area contributed by atoms with Crippen LogP contribution in [-0.4, -0.2) is 76.2 Å². The van der Waals surface area contributed by atoms with Crippen molar-refractivity contribution in [3.63, 3.8) is 0 Å². The molecule has 5 atom stereocenters. The van der Waals surface area contributed by atoms with E-state index in [0.29, 0.717) is 23.9 Å². The van der Waals surface area contributed by atoms with Crippen molar-refractivity contribution in [1.82, 2.24) is 15.1 Å². The highest BCUT2D eigenvalue weighted by Gasteiger charge is 2.39. The summed E-state index contributed by atoms with van der Waals surface area (Å²) in [4.78, 5) is 39.8. The molecule has 1 aliphatic carbocycles. The summed E-state index contributed by atoms with van der Waals surface area (Å²) in [6.45, 7) is 10.9. The van der Waals surface area contributed by atoms with E-state index in [9.17, 15) is 24.8 Å². The van der Waals surface area contributed by atoms with Gasteiger partial charge in [0.2, 0.25) is 0 Å². The number of nitrogens with one attached hydrogen (secondary N) is 1. The molecule has 2 aromatic rings. The number of likely N-dealkylation sites (tertiary alicyclic amines) is 1. The highest BCUT2D eigenvalue weighted by Crippen LogP contribution is 2.41. The third-order valence-electron chi connectivity index (χ3n) is 9.38. The first-order chi connectivity index (χ1) is 21.2. The molecule has 10 heteroatoms. The van der Waals surface area contributed by atoms with Gasteiger partial charge >= 0.3 is 12.1 Å². The Kier molecular flexibility index (Phi) is 11.9. The highest BCUT2D eigenvalue weighted by atomic mass is 16.6. The molecule has 1 aliphatic heterocycles. The van der Waals surface area contributed by atoms with Crippen molar-refractivity contribution in [3.05, 3.63) is 88.5 Å². The van der Waals surface area contributed by atoms with Gasteiger partial charge in [-0.3, -0.25) is 14.9 Å². The lowest BCUT2D eigenvalue weighted by Gasteiger charge is -2.39. The molecule has 0 radical (unpaired) electrons. The maximum atomic E-state index is 13.1. The molecule has 1 saturated heterocycles. The van der Waals surface area contributed by atoms with Gasteiger partial charge in [0, 0.05) is 50.4 Å². The Morgan fingerprint density at radius 2 is 1.84 bits per heavy atom. The van der Waals surface area contributed by atoms with Crippen molar-refractivity contribution in [3.8, 4) is 0 Å². The van der Waals surface area contributed by atoms with Crippen LogP contribution in [0.4, 0.5) is 10.5 Å². The Hall–Kier alpha value is -3.76. The van der Waals surface area contributed by atoms with Gasteiger partial charge in [-0.15, -0.1) is 6.58 Å². The van der Waals surface area contributed by atoms with Crippen LogP contribution in [0.25, 0.3) is 0 Å². The number of carbonyl (C=O) groups is 2. The Balaban J connectivity index is 1.34. The summed E-state index contributed by atoms with van der Waals surface area (Å²) in [6, 6.07) is 16.2. The molecule has 0 bridgehead atoms.